The normalized spacial score (nSPS) is 12.7. The zero-order valence-electron chi connectivity index (χ0n) is 38.8. The Balaban J connectivity index is 1.02. The van der Waals surface area contributed by atoms with Crippen LogP contribution in [0.1, 0.15) is 30.5 Å². The number of para-hydroxylation sites is 5. The van der Waals surface area contributed by atoms with Crippen LogP contribution < -0.4 is 9.80 Å². The molecule has 0 N–H and O–H groups in total. The van der Waals surface area contributed by atoms with Crippen molar-refractivity contribution < 1.29 is 4.42 Å². The van der Waals surface area contributed by atoms with Crippen LogP contribution in [0.25, 0.3) is 76.9 Å². The van der Waals surface area contributed by atoms with Gasteiger partial charge in [-0.3, -0.25) is 0 Å². The number of benzene rings is 11. The van der Waals surface area contributed by atoms with Gasteiger partial charge in [0.1, 0.15) is 5.58 Å². The van der Waals surface area contributed by atoms with E-state index in [1.165, 1.54) is 71.6 Å². The summed E-state index contributed by atoms with van der Waals surface area (Å²) in [5.41, 5.74) is 19.2. The van der Waals surface area contributed by atoms with Gasteiger partial charge >= 0.3 is 0 Å². The third-order valence-corrected chi connectivity index (χ3v) is 14.6. The summed E-state index contributed by atoms with van der Waals surface area (Å²) in [5.74, 6) is 0. The molecule has 0 saturated carbocycles. The molecule has 0 amide bonds. The minimum Gasteiger partial charge on any atom is -0.454 e. The molecule has 0 saturated heterocycles. The fourth-order valence-electron chi connectivity index (χ4n) is 11.4. The Kier molecular flexibility index (Phi) is 9.42. The molecule has 0 unspecified atom stereocenters. The number of furan rings is 1. The van der Waals surface area contributed by atoms with Gasteiger partial charge in [0.25, 0.3) is 0 Å². The Bertz CT molecular complexity index is 3860. The highest BCUT2D eigenvalue weighted by Gasteiger charge is 2.36. The van der Waals surface area contributed by atoms with Gasteiger partial charge < -0.3 is 14.2 Å². The Labute approximate surface area is 402 Å². The molecule has 3 heteroatoms. The number of fused-ring (bicyclic) bond motifs is 7. The van der Waals surface area contributed by atoms with Crippen molar-refractivity contribution in [1.29, 1.82) is 0 Å². The minimum absolute atomic E-state index is 0.327. The molecule has 11 aromatic carbocycles. The maximum absolute atomic E-state index is 6.67. The average molecular weight is 885 g/mol. The highest BCUT2D eigenvalue weighted by Crippen LogP contribution is 2.55. The van der Waals surface area contributed by atoms with Crippen LogP contribution in [0.5, 0.6) is 0 Å². The van der Waals surface area contributed by atoms with Gasteiger partial charge in [0.15, 0.2) is 5.58 Å². The molecule has 0 atom stereocenters. The van der Waals surface area contributed by atoms with Crippen LogP contribution >= 0.6 is 0 Å². The van der Waals surface area contributed by atoms with Crippen molar-refractivity contribution in [3.05, 3.63) is 253 Å². The maximum atomic E-state index is 6.67. The summed E-state index contributed by atoms with van der Waals surface area (Å²) in [6.45, 7) is 7.15. The van der Waals surface area contributed by atoms with Gasteiger partial charge in [0.05, 0.1) is 17.1 Å². The lowest BCUT2D eigenvalue weighted by molar-refractivity contribution is 0.645. The topological polar surface area (TPSA) is 19.6 Å². The number of hydrogen-bond acceptors (Lipinski definition) is 3. The van der Waals surface area contributed by atoms with E-state index in [2.05, 4.69) is 261 Å². The van der Waals surface area contributed by atoms with Crippen LogP contribution in [0.4, 0.5) is 34.1 Å². The lowest BCUT2D eigenvalue weighted by Crippen LogP contribution is -2.25. The number of aryl methyl sites for hydroxylation is 1. The standard InChI is InChI=1S/C66H48N2O/c1-43-49-39-37-47(67(46-25-11-6-12-26-46)61-35-20-31-54-52-29-15-18-36-62(52)69-65(54)61)41-56(49)53-30-19-32-57-64(53)63(43)55-40-38-48(42-58(55)66(57,2)3)68(59-33-16-13-27-50(59)44-21-7-4-8-22-44)60-34-17-14-28-51(60)45-23-9-5-10-24-45/h4-42H,1-3H3. The van der Waals surface area contributed by atoms with E-state index in [-0.39, 0.29) is 5.41 Å². The molecule has 328 valence electrons. The van der Waals surface area contributed by atoms with Crippen LogP contribution in [0, 0.1) is 6.92 Å². The van der Waals surface area contributed by atoms with Crippen LogP contribution in [0.2, 0.25) is 0 Å². The van der Waals surface area contributed by atoms with Gasteiger partial charge in [-0.2, -0.15) is 0 Å². The first kappa shape index (κ1) is 40.6. The van der Waals surface area contributed by atoms with Crippen molar-refractivity contribution in [2.75, 3.05) is 9.80 Å². The number of hydrogen-bond donors (Lipinski definition) is 0. The van der Waals surface area contributed by atoms with E-state index in [0.29, 0.717) is 0 Å². The Morgan fingerprint density at radius 2 is 0.913 bits per heavy atom. The molecular formula is C66H48N2O. The predicted octanol–water partition coefficient (Wildman–Crippen LogP) is 18.8. The molecule has 0 spiro atoms. The molecule has 69 heavy (non-hydrogen) atoms. The van der Waals surface area contributed by atoms with Crippen LogP contribution in [-0.4, -0.2) is 0 Å². The van der Waals surface area contributed by atoms with Crippen molar-refractivity contribution in [3.8, 4) is 33.4 Å². The van der Waals surface area contributed by atoms with E-state index in [0.717, 1.165) is 56.1 Å². The first-order chi connectivity index (χ1) is 33.9. The van der Waals surface area contributed by atoms with Gasteiger partial charge in [-0.1, -0.05) is 190 Å². The van der Waals surface area contributed by atoms with Crippen molar-refractivity contribution in [2.24, 2.45) is 0 Å². The van der Waals surface area contributed by atoms with Gasteiger partial charge in [-0.05, 0) is 128 Å². The second-order valence-corrected chi connectivity index (χ2v) is 18.8. The molecule has 3 nitrogen and oxygen atoms in total. The van der Waals surface area contributed by atoms with Crippen molar-refractivity contribution in [3.63, 3.8) is 0 Å². The second-order valence-electron chi connectivity index (χ2n) is 18.8. The molecule has 1 aliphatic carbocycles. The number of nitrogens with zero attached hydrogens (tertiary/aromatic N) is 2. The van der Waals surface area contributed by atoms with Crippen molar-refractivity contribution in [2.45, 2.75) is 26.2 Å². The summed E-state index contributed by atoms with van der Waals surface area (Å²) in [5, 5.41) is 7.30. The first-order valence-electron chi connectivity index (χ1n) is 23.9. The average Bonchev–Trinajstić information content (AvgIpc) is 3.79. The molecule has 13 rings (SSSR count). The molecule has 1 heterocycles. The van der Waals surface area contributed by atoms with Crippen molar-refractivity contribution in [1.82, 2.24) is 0 Å². The summed E-state index contributed by atoms with van der Waals surface area (Å²) in [6.07, 6.45) is 0. The third kappa shape index (κ3) is 6.42. The third-order valence-electron chi connectivity index (χ3n) is 14.6. The highest BCUT2D eigenvalue weighted by molar-refractivity contribution is 6.20. The Hall–Kier alpha value is -8.66. The lowest BCUT2D eigenvalue weighted by atomic mass is 9.67. The number of rotatable bonds is 8. The monoisotopic (exact) mass is 884 g/mol. The second kappa shape index (κ2) is 16.0. The maximum Gasteiger partial charge on any atom is 0.159 e. The largest absolute Gasteiger partial charge is 0.454 e. The van der Waals surface area contributed by atoms with E-state index in [1.807, 2.05) is 6.07 Å². The Morgan fingerprint density at radius 3 is 1.62 bits per heavy atom. The predicted molar refractivity (Wildman–Crippen MR) is 291 cm³/mol. The van der Waals surface area contributed by atoms with Crippen molar-refractivity contribution >= 4 is 77.6 Å². The number of anilines is 6. The zero-order chi connectivity index (χ0) is 46.2. The summed E-state index contributed by atoms with van der Waals surface area (Å²) >= 11 is 0. The van der Waals surface area contributed by atoms with E-state index >= 15 is 0 Å². The zero-order valence-corrected chi connectivity index (χ0v) is 38.8. The van der Waals surface area contributed by atoms with Crippen LogP contribution in [0.3, 0.4) is 0 Å². The quantitative estimate of drug-likeness (QED) is 0.142. The van der Waals surface area contributed by atoms with Gasteiger partial charge in [-0.15, -0.1) is 0 Å². The Morgan fingerprint density at radius 1 is 0.362 bits per heavy atom. The first-order valence-corrected chi connectivity index (χ1v) is 23.9. The smallest absolute Gasteiger partial charge is 0.159 e. The lowest BCUT2D eigenvalue weighted by Gasteiger charge is -2.38. The summed E-state index contributed by atoms with van der Waals surface area (Å²) in [4.78, 5) is 4.84. The summed E-state index contributed by atoms with van der Waals surface area (Å²) < 4.78 is 6.67. The minimum atomic E-state index is -0.327. The highest BCUT2D eigenvalue weighted by atomic mass is 16.3. The molecule has 0 bridgehead atoms. The molecule has 0 fully saturated rings. The molecular weight excluding hydrogens is 837 g/mol. The van der Waals surface area contributed by atoms with Gasteiger partial charge in [0, 0.05) is 44.4 Å². The summed E-state index contributed by atoms with van der Waals surface area (Å²) in [6, 6.07) is 85.9. The van der Waals surface area contributed by atoms with E-state index in [9.17, 15) is 0 Å². The van der Waals surface area contributed by atoms with Gasteiger partial charge in [-0.25, -0.2) is 0 Å². The molecule has 1 aromatic heterocycles. The van der Waals surface area contributed by atoms with Crippen LogP contribution in [-0.2, 0) is 5.41 Å². The SMILES string of the molecule is Cc1c2c3c(cccc3c3cc(N(c4ccccc4)c4cccc5c4oc4ccccc45)ccc13)C(C)(C)c1cc(N(c3ccccc3-c3ccccc3)c3ccccc3-c3ccccc3)ccc1-2. The fourth-order valence-corrected chi connectivity index (χ4v) is 11.4. The van der Waals surface area contributed by atoms with Gasteiger partial charge in [0.2, 0.25) is 0 Å². The fraction of sp³-hybridized carbons (Fsp3) is 0.0606. The molecule has 0 aliphatic heterocycles. The van der Waals surface area contributed by atoms with E-state index < -0.39 is 0 Å². The summed E-state index contributed by atoms with van der Waals surface area (Å²) in [7, 11) is 0. The molecule has 12 aromatic rings. The van der Waals surface area contributed by atoms with E-state index in [1.54, 1.807) is 0 Å². The van der Waals surface area contributed by atoms with E-state index in [4.69, 9.17) is 4.42 Å². The van der Waals surface area contributed by atoms with Crippen LogP contribution in [0.15, 0.2) is 241 Å². The molecule has 1 aliphatic rings. The molecule has 0 radical (unpaired) electrons.